The van der Waals surface area contributed by atoms with Gasteiger partial charge in [0.15, 0.2) is 5.82 Å². The van der Waals surface area contributed by atoms with Crippen molar-refractivity contribution in [1.29, 1.82) is 0 Å². The number of carbonyl (C=O) groups excluding carboxylic acids is 5. The van der Waals surface area contributed by atoms with Gasteiger partial charge >= 0.3 is 17.9 Å². The number of carboxylic acid groups (broad SMARTS) is 1. The molecule has 0 spiro atoms. The van der Waals surface area contributed by atoms with Gasteiger partial charge in [0, 0.05) is 151 Å². The molecule has 3 aliphatic carbocycles. The highest BCUT2D eigenvalue weighted by Crippen LogP contribution is 2.29. The number of fused-ring (bicyclic) bond motifs is 6. The van der Waals surface area contributed by atoms with Crippen LogP contribution in [0.3, 0.4) is 0 Å². The van der Waals surface area contributed by atoms with Crippen molar-refractivity contribution in [3.05, 3.63) is 170 Å². The van der Waals surface area contributed by atoms with E-state index in [1.807, 2.05) is 150 Å². The van der Waals surface area contributed by atoms with Gasteiger partial charge in [0.2, 0.25) is 17.7 Å². The number of nitrogens with zero attached hydrogens (tertiary/aromatic N) is 12. The maximum absolute atomic E-state index is 13.3. The van der Waals surface area contributed by atoms with Gasteiger partial charge in [0.1, 0.15) is 27.9 Å². The van der Waals surface area contributed by atoms with Crippen molar-refractivity contribution in [3.8, 4) is 0 Å². The normalized spacial score (nSPS) is 13.9. The van der Waals surface area contributed by atoms with Crippen LogP contribution in [0.15, 0.2) is 114 Å². The minimum absolute atomic E-state index is 0.0334. The number of anilines is 1. The van der Waals surface area contributed by atoms with Crippen LogP contribution >= 0.6 is 15.9 Å². The zero-order valence-electron chi connectivity index (χ0n) is 75.3. The number of pyridine rings is 3. The molecule has 7 N–H and O–H groups in total. The molecule has 3 aliphatic rings. The summed E-state index contributed by atoms with van der Waals surface area (Å²) in [6.07, 6.45) is 25.4. The summed E-state index contributed by atoms with van der Waals surface area (Å²) in [5.74, 6) is -1.41. The first-order valence-electron chi connectivity index (χ1n) is 44.9. The molecule has 668 valence electrons. The summed E-state index contributed by atoms with van der Waals surface area (Å²) in [4.78, 5) is 93.4. The zero-order chi connectivity index (χ0) is 88.4. The molecule has 0 saturated heterocycles. The van der Waals surface area contributed by atoms with Gasteiger partial charge in [-0.15, -0.1) is 0 Å². The fourth-order valence-electron chi connectivity index (χ4n) is 16.1. The number of hydrogen-bond donors (Lipinski definition) is 6. The molecule has 3 amide bonds. The number of ether oxygens (including phenoxy) is 2. The highest BCUT2D eigenvalue weighted by atomic mass is 79.9. The lowest BCUT2D eigenvalue weighted by molar-refractivity contribution is -0.157. The van der Waals surface area contributed by atoms with Gasteiger partial charge in [0.05, 0.1) is 28.2 Å². The number of benzene rings is 3. The summed E-state index contributed by atoms with van der Waals surface area (Å²) in [6.45, 7) is 24.3. The molecule has 12 rings (SSSR count). The number of amides is 3. The molecule has 0 radical (unpaired) electrons. The zero-order valence-corrected chi connectivity index (χ0v) is 76.9. The SMILES string of the molecule is CC(=O)NCCN(CCCCc1ccc2c(n1)CCCC2)CC[C@H](Cc1nn(C)c2ccccc12)C(=O)O.CC(=O)NCCN(CCCCc1ccc2c(n1)CCCC2)CC[C@H](N)C(=O)OC(C)(C)C.CC(=O)NCCN(CCCCc1ccc2c(n1)CCCC2)CC[C@H](Nc1nn(C)c2ccccc12)C(=O)OC(C)(C)C.Cn1nc(Br)c2ccccc21. The van der Waals surface area contributed by atoms with Crippen molar-refractivity contribution < 1.29 is 43.3 Å². The molecular weight excluding hydrogens is 1620 g/mol. The molecule has 3 aromatic carbocycles. The Kier molecular flexibility index (Phi) is 38.9. The van der Waals surface area contributed by atoms with Crippen LogP contribution in [-0.2, 0) is 124 Å². The lowest BCUT2D eigenvalue weighted by Crippen LogP contribution is -2.41. The molecule has 0 unspecified atom stereocenters. The third kappa shape index (κ3) is 33.1. The van der Waals surface area contributed by atoms with Crippen molar-refractivity contribution in [2.24, 2.45) is 32.8 Å². The lowest BCUT2D eigenvalue weighted by Gasteiger charge is -2.27. The standard InChI is InChI=1S/C33H48N6O3.C30H41N5O3.C25H42N4O3.C8H7BrN2/c1-24(40)34-20-23-39(21-11-10-13-26-18-17-25-12-6-8-15-28(25)35-26)22-19-29(32(41)42-33(2,3)4)36-31-27-14-7-9-16-30(27)38(5)37-31;1-22(36)31-17-20-35(18-8-7-10-25-15-14-23-9-3-5-12-27(23)32-25)19-16-24(30(37)38)21-28-26-11-4-6-13-29(26)34(2)33-28;1-19(30)27-15-18-29(17-14-22(26)24(31)32-25(2,3)4)16-8-7-10-21-13-12-20-9-5-6-11-23(20)28-21;1-11-7-5-3-2-4-6(7)8(9)10-11/h7,9,14,16-18,29H,6,8,10-13,15,19-23H2,1-5H3,(H,34,40)(H,36,37);4,6,11,13-15,24H,3,5,7-10,12,16-21H2,1-2H3,(H,31,36)(H,37,38);12-13,22H,5-11,14-18,26H2,1-4H3,(H,27,30);2-5H,1H3/t29-;24-;22-;/m010./s1. The molecule has 0 bridgehead atoms. The Bertz CT molecular complexity index is 4840. The summed E-state index contributed by atoms with van der Waals surface area (Å²) < 4.78 is 17.6. The second-order valence-electron chi connectivity index (χ2n) is 35.2. The van der Waals surface area contributed by atoms with Crippen molar-refractivity contribution in [2.75, 3.05) is 83.9 Å². The van der Waals surface area contributed by atoms with Gasteiger partial charge in [-0.2, -0.15) is 15.3 Å². The molecular formula is C96H138BrN17O9. The van der Waals surface area contributed by atoms with E-state index < -0.39 is 35.2 Å². The Balaban J connectivity index is 0.000000198. The monoisotopic (exact) mass is 1750 g/mol. The van der Waals surface area contributed by atoms with Crippen LogP contribution in [0.1, 0.15) is 215 Å². The van der Waals surface area contributed by atoms with E-state index in [1.165, 1.54) is 110 Å². The molecule has 123 heavy (non-hydrogen) atoms. The average Bonchev–Trinajstić information content (AvgIpc) is 1.71. The van der Waals surface area contributed by atoms with Crippen LogP contribution in [0, 0.1) is 5.92 Å². The summed E-state index contributed by atoms with van der Waals surface area (Å²) >= 11 is 3.39. The van der Waals surface area contributed by atoms with E-state index in [9.17, 15) is 33.9 Å². The third-order valence-electron chi connectivity index (χ3n) is 22.7. The Morgan fingerprint density at radius 3 is 1.26 bits per heavy atom. The number of unbranched alkanes of at least 4 members (excludes halogenated alkanes) is 3. The van der Waals surface area contributed by atoms with Crippen LogP contribution < -0.4 is 27.0 Å². The van der Waals surface area contributed by atoms with Gasteiger partial charge in [0.25, 0.3) is 0 Å². The molecule has 6 aromatic heterocycles. The second kappa shape index (κ2) is 49.2. The van der Waals surface area contributed by atoms with Crippen molar-refractivity contribution in [2.45, 2.75) is 246 Å². The first-order chi connectivity index (χ1) is 58.9. The Labute approximate surface area is 737 Å². The Morgan fingerprint density at radius 2 is 0.829 bits per heavy atom. The quantitative estimate of drug-likeness (QED) is 0.0153. The number of aryl methyl sites for hydroxylation is 12. The van der Waals surface area contributed by atoms with E-state index >= 15 is 0 Å². The number of esters is 2. The molecule has 26 nitrogen and oxygen atoms in total. The number of hydrogen-bond acceptors (Lipinski definition) is 19. The van der Waals surface area contributed by atoms with Crippen LogP contribution in [0.5, 0.6) is 0 Å². The lowest BCUT2D eigenvalue weighted by atomic mass is 9.95. The predicted octanol–water partition coefficient (Wildman–Crippen LogP) is 13.9. The second-order valence-corrected chi connectivity index (χ2v) is 35.9. The number of para-hydroxylation sites is 3. The van der Waals surface area contributed by atoms with Crippen LogP contribution in [0.4, 0.5) is 5.82 Å². The van der Waals surface area contributed by atoms with Crippen molar-refractivity contribution in [1.82, 2.24) is 74.9 Å². The minimum Gasteiger partial charge on any atom is -0.481 e. The number of halogens is 1. The smallest absolute Gasteiger partial charge is 0.329 e. The molecule has 0 saturated carbocycles. The van der Waals surface area contributed by atoms with E-state index in [-0.39, 0.29) is 29.7 Å². The molecule has 3 atom stereocenters. The molecule has 0 fully saturated rings. The van der Waals surface area contributed by atoms with Crippen LogP contribution in [0.25, 0.3) is 32.7 Å². The highest BCUT2D eigenvalue weighted by molar-refractivity contribution is 9.10. The maximum Gasteiger partial charge on any atom is 0.329 e. The van der Waals surface area contributed by atoms with Crippen LogP contribution in [0.2, 0.25) is 0 Å². The van der Waals surface area contributed by atoms with Gasteiger partial charge in [-0.25, -0.2) is 4.79 Å². The summed E-state index contributed by atoms with van der Waals surface area (Å²) in [5.41, 5.74) is 20.6. The first-order valence-corrected chi connectivity index (χ1v) is 45.6. The highest BCUT2D eigenvalue weighted by Gasteiger charge is 2.29. The summed E-state index contributed by atoms with van der Waals surface area (Å²) in [6, 6.07) is 36.2. The molecule has 0 aliphatic heterocycles. The summed E-state index contributed by atoms with van der Waals surface area (Å²) in [7, 11) is 5.73. The number of nitrogens with one attached hydrogen (secondary N) is 4. The van der Waals surface area contributed by atoms with Crippen molar-refractivity contribution >= 4 is 90.1 Å². The fourth-order valence-corrected chi connectivity index (χ4v) is 16.7. The van der Waals surface area contributed by atoms with E-state index in [2.05, 4.69) is 104 Å². The maximum atomic E-state index is 13.3. The number of aromatic nitrogens is 9. The van der Waals surface area contributed by atoms with E-state index in [1.54, 1.807) is 0 Å². The topological polar surface area (TPSA) is 317 Å². The fraction of sp³-hybridized carbons (Fsp3) is 0.562. The van der Waals surface area contributed by atoms with Gasteiger partial charge in [-0.3, -0.25) is 53.0 Å². The molecule has 27 heteroatoms. The van der Waals surface area contributed by atoms with Gasteiger partial charge < -0.3 is 56.3 Å². The van der Waals surface area contributed by atoms with Crippen LogP contribution in [-0.4, -0.2) is 202 Å². The minimum atomic E-state index is -0.792. The number of aliphatic carboxylic acids is 1. The van der Waals surface area contributed by atoms with Gasteiger partial charge in [-0.05, 0) is 297 Å². The number of carbonyl (C=O) groups is 6. The average molecular weight is 1750 g/mol. The number of carboxylic acids is 1. The number of nitrogens with two attached hydrogens (primary N) is 1. The van der Waals surface area contributed by atoms with E-state index in [4.69, 9.17) is 30.2 Å². The molecule has 9 aromatic rings. The number of rotatable bonds is 40. The third-order valence-corrected chi connectivity index (χ3v) is 23.3. The Morgan fingerprint density at radius 1 is 0.455 bits per heavy atom. The molecule has 6 heterocycles. The Hall–Kier alpha value is -9.54. The van der Waals surface area contributed by atoms with Crippen molar-refractivity contribution in [3.63, 3.8) is 0 Å². The predicted molar refractivity (Wildman–Crippen MR) is 492 cm³/mol. The first kappa shape index (κ1) is 97.3. The van der Waals surface area contributed by atoms with E-state index in [0.717, 1.165) is 165 Å². The van der Waals surface area contributed by atoms with Gasteiger partial charge in [-0.1, -0.05) is 66.7 Å². The largest absolute Gasteiger partial charge is 0.481 e. The van der Waals surface area contributed by atoms with E-state index in [0.29, 0.717) is 83.9 Å². The summed E-state index contributed by atoms with van der Waals surface area (Å²) in [5, 5.41) is 38.6.